The van der Waals surface area contributed by atoms with Crippen LogP contribution in [0.5, 0.6) is 5.75 Å². The minimum Gasteiger partial charge on any atom is -0.494 e. The van der Waals surface area contributed by atoms with Gasteiger partial charge in [0.15, 0.2) is 0 Å². The molecule has 2 rings (SSSR count). The summed E-state index contributed by atoms with van der Waals surface area (Å²) in [5, 5.41) is 0. The lowest BCUT2D eigenvalue weighted by Gasteiger charge is -2.05. The summed E-state index contributed by atoms with van der Waals surface area (Å²) in [6.07, 6.45) is 1.04. The lowest BCUT2D eigenvalue weighted by Crippen LogP contribution is -1.94. The van der Waals surface area contributed by atoms with Crippen LogP contribution in [0.2, 0.25) is 0 Å². The zero-order valence-corrected chi connectivity index (χ0v) is 10.7. The second-order valence-electron chi connectivity index (χ2n) is 3.73. The molecule has 0 amide bonds. The van der Waals surface area contributed by atoms with Gasteiger partial charge in [-0.25, -0.2) is 0 Å². The summed E-state index contributed by atoms with van der Waals surface area (Å²) in [5.74, 6) is 0.948. The average Bonchev–Trinajstić information content (AvgIpc) is 2.39. The van der Waals surface area contributed by atoms with Crippen LogP contribution in [0.25, 0.3) is 0 Å². The number of hydrogen-bond acceptors (Lipinski definition) is 2. The molecule has 0 saturated carbocycles. The van der Waals surface area contributed by atoms with Gasteiger partial charge in [-0.2, -0.15) is 0 Å². The topological polar surface area (TPSA) is 9.23 Å². The Kier molecular flexibility index (Phi) is 4.51. The smallest absolute Gasteiger partial charge is 0.119 e. The van der Waals surface area contributed by atoms with Crippen molar-refractivity contribution < 1.29 is 4.74 Å². The molecule has 0 atom stereocenters. The van der Waals surface area contributed by atoms with E-state index in [1.54, 1.807) is 11.8 Å². The molecule has 0 bridgehead atoms. The Hall–Kier alpha value is -1.41. The third-order valence-electron chi connectivity index (χ3n) is 2.28. The molecule has 88 valence electrons. The van der Waals surface area contributed by atoms with Crippen molar-refractivity contribution in [2.75, 3.05) is 6.61 Å². The van der Waals surface area contributed by atoms with Gasteiger partial charge in [-0.1, -0.05) is 36.9 Å². The zero-order chi connectivity index (χ0) is 11.9. The summed E-state index contributed by atoms with van der Waals surface area (Å²) in [7, 11) is 0. The predicted octanol–water partition coefficient (Wildman–Crippen LogP) is 4.63. The molecule has 0 saturated heterocycles. The van der Waals surface area contributed by atoms with Crippen LogP contribution in [0.3, 0.4) is 0 Å². The van der Waals surface area contributed by atoms with Crippen LogP contribution in [0.15, 0.2) is 64.4 Å². The van der Waals surface area contributed by atoms with Crippen molar-refractivity contribution in [1.29, 1.82) is 0 Å². The highest BCUT2D eigenvalue weighted by Crippen LogP contribution is 2.28. The fourth-order valence-electron chi connectivity index (χ4n) is 1.45. The highest BCUT2D eigenvalue weighted by molar-refractivity contribution is 7.99. The van der Waals surface area contributed by atoms with E-state index in [-0.39, 0.29) is 0 Å². The maximum Gasteiger partial charge on any atom is 0.119 e. The van der Waals surface area contributed by atoms with Crippen molar-refractivity contribution in [2.24, 2.45) is 0 Å². The summed E-state index contributed by atoms with van der Waals surface area (Å²) in [4.78, 5) is 2.50. The first kappa shape index (κ1) is 12.1. The van der Waals surface area contributed by atoms with Gasteiger partial charge < -0.3 is 4.74 Å². The largest absolute Gasteiger partial charge is 0.494 e. The molecule has 2 aromatic rings. The molecule has 0 aliphatic carbocycles. The van der Waals surface area contributed by atoms with Crippen molar-refractivity contribution in [3.8, 4) is 5.75 Å². The molecule has 1 nitrogen and oxygen atoms in total. The Bertz CT molecular complexity index is 436. The van der Waals surface area contributed by atoms with Gasteiger partial charge in [-0.15, -0.1) is 0 Å². The Labute approximate surface area is 107 Å². The molecule has 0 aliphatic heterocycles. The van der Waals surface area contributed by atoms with Crippen LogP contribution in [-0.4, -0.2) is 6.61 Å². The van der Waals surface area contributed by atoms with Crippen LogP contribution in [-0.2, 0) is 0 Å². The zero-order valence-electron chi connectivity index (χ0n) is 9.93. The minimum atomic E-state index is 0.783. The molecule has 0 unspecified atom stereocenters. The maximum atomic E-state index is 5.55. The third kappa shape index (κ3) is 3.82. The average molecular weight is 244 g/mol. The van der Waals surface area contributed by atoms with Gasteiger partial charge in [0.25, 0.3) is 0 Å². The predicted molar refractivity (Wildman–Crippen MR) is 72.8 cm³/mol. The summed E-state index contributed by atoms with van der Waals surface area (Å²) >= 11 is 1.76. The quantitative estimate of drug-likeness (QED) is 0.758. The molecule has 0 radical (unpaired) electrons. The van der Waals surface area contributed by atoms with Crippen molar-refractivity contribution in [1.82, 2.24) is 0 Å². The lowest BCUT2D eigenvalue weighted by atomic mass is 10.3. The fraction of sp³-hybridized carbons (Fsp3) is 0.200. The molecular formula is C15H16OS. The van der Waals surface area contributed by atoms with Crippen molar-refractivity contribution in [3.05, 3.63) is 54.6 Å². The van der Waals surface area contributed by atoms with Gasteiger partial charge in [-0.3, -0.25) is 0 Å². The number of ether oxygens (including phenoxy) is 1. The van der Waals surface area contributed by atoms with Gasteiger partial charge in [0.05, 0.1) is 6.61 Å². The number of rotatable bonds is 5. The lowest BCUT2D eigenvalue weighted by molar-refractivity contribution is 0.317. The summed E-state index contributed by atoms with van der Waals surface area (Å²) < 4.78 is 5.55. The van der Waals surface area contributed by atoms with Gasteiger partial charge in [-0.05, 0) is 42.8 Å². The molecule has 0 fully saturated rings. The first-order valence-electron chi connectivity index (χ1n) is 5.84. The number of hydrogen-bond donors (Lipinski definition) is 0. The van der Waals surface area contributed by atoms with E-state index in [1.807, 2.05) is 18.2 Å². The van der Waals surface area contributed by atoms with Crippen LogP contribution in [0.4, 0.5) is 0 Å². The van der Waals surface area contributed by atoms with Crippen LogP contribution in [0, 0.1) is 0 Å². The second-order valence-corrected chi connectivity index (χ2v) is 4.88. The van der Waals surface area contributed by atoms with Gasteiger partial charge in [0.2, 0.25) is 0 Å². The van der Waals surface area contributed by atoms with E-state index in [0.29, 0.717) is 0 Å². The van der Waals surface area contributed by atoms with Gasteiger partial charge >= 0.3 is 0 Å². The van der Waals surface area contributed by atoms with Gasteiger partial charge in [0, 0.05) is 9.79 Å². The molecule has 0 aliphatic rings. The molecule has 0 N–H and O–H groups in total. The molecule has 17 heavy (non-hydrogen) atoms. The molecule has 0 spiro atoms. The normalized spacial score (nSPS) is 10.2. The Morgan fingerprint density at radius 1 is 0.882 bits per heavy atom. The molecular weight excluding hydrogens is 228 g/mol. The van der Waals surface area contributed by atoms with Crippen molar-refractivity contribution in [2.45, 2.75) is 23.1 Å². The molecule has 2 aromatic carbocycles. The Morgan fingerprint density at radius 3 is 2.18 bits per heavy atom. The highest BCUT2D eigenvalue weighted by Gasteiger charge is 1.97. The van der Waals surface area contributed by atoms with Crippen LogP contribution >= 0.6 is 11.8 Å². The van der Waals surface area contributed by atoms with E-state index in [1.165, 1.54) is 9.79 Å². The maximum absolute atomic E-state index is 5.55. The van der Waals surface area contributed by atoms with E-state index in [2.05, 4.69) is 43.3 Å². The highest BCUT2D eigenvalue weighted by atomic mass is 32.2. The van der Waals surface area contributed by atoms with Crippen molar-refractivity contribution in [3.63, 3.8) is 0 Å². The van der Waals surface area contributed by atoms with E-state index >= 15 is 0 Å². The van der Waals surface area contributed by atoms with Crippen molar-refractivity contribution >= 4 is 11.8 Å². The standard InChI is InChI=1S/C15H16OS/c1-2-12-16-13-8-10-15(11-9-13)17-14-6-4-3-5-7-14/h3-11H,2,12H2,1H3. The number of benzene rings is 2. The monoisotopic (exact) mass is 244 g/mol. The first-order valence-corrected chi connectivity index (χ1v) is 6.66. The Balaban J connectivity index is 1.98. The summed E-state index contributed by atoms with van der Waals surface area (Å²) in [6.45, 7) is 2.89. The van der Waals surface area contributed by atoms with E-state index in [9.17, 15) is 0 Å². The Morgan fingerprint density at radius 2 is 1.53 bits per heavy atom. The molecule has 0 heterocycles. The second kappa shape index (κ2) is 6.36. The van der Waals surface area contributed by atoms with Crippen LogP contribution < -0.4 is 4.74 Å². The summed E-state index contributed by atoms with van der Waals surface area (Å²) in [6, 6.07) is 18.6. The van der Waals surface area contributed by atoms with Gasteiger partial charge in [0.1, 0.15) is 5.75 Å². The van der Waals surface area contributed by atoms with Crippen LogP contribution in [0.1, 0.15) is 13.3 Å². The minimum absolute atomic E-state index is 0.783. The molecule has 2 heteroatoms. The van der Waals surface area contributed by atoms with E-state index in [0.717, 1.165) is 18.8 Å². The summed E-state index contributed by atoms with van der Waals surface area (Å²) in [5.41, 5.74) is 0. The first-order chi connectivity index (χ1) is 8.38. The third-order valence-corrected chi connectivity index (χ3v) is 3.29. The van der Waals surface area contributed by atoms with E-state index < -0.39 is 0 Å². The molecule has 0 aromatic heterocycles. The SMILES string of the molecule is CCCOc1ccc(Sc2ccccc2)cc1. The van der Waals surface area contributed by atoms with E-state index in [4.69, 9.17) is 4.74 Å². The fourth-order valence-corrected chi connectivity index (χ4v) is 2.29.